The summed E-state index contributed by atoms with van der Waals surface area (Å²) in [5.41, 5.74) is 0. The number of benzene rings is 1. The molecule has 0 saturated carbocycles. The number of hydrogen-bond acceptors (Lipinski definition) is 1. The summed E-state index contributed by atoms with van der Waals surface area (Å²) in [6.07, 6.45) is 5.95. The zero-order chi connectivity index (χ0) is 9.80. The van der Waals surface area contributed by atoms with Crippen LogP contribution in [0.2, 0.25) is 4.82 Å². The molecule has 0 radical (unpaired) electrons. The van der Waals surface area contributed by atoms with Crippen LogP contribution in [0.15, 0.2) is 42.5 Å². The zero-order valence-electron chi connectivity index (χ0n) is 8.22. The van der Waals surface area contributed by atoms with E-state index < -0.39 is 0 Å². The second kappa shape index (κ2) is 4.79. The van der Waals surface area contributed by atoms with Crippen LogP contribution in [-0.4, -0.2) is 28.2 Å². The van der Waals surface area contributed by atoms with Crippen LogP contribution in [0.4, 0.5) is 0 Å². The maximum absolute atomic E-state index is 5.42. The number of ether oxygens (including phenoxy) is 1. The molecule has 1 nitrogen and oxygen atoms in total. The summed E-state index contributed by atoms with van der Waals surface area (Å²) in [4.78, 5) is 0.690. The predicted molar refractivity (Wildman–Crippen MR) is 60.1 cm³/mol. The van der Waals surface area contributed by atoms with Gasteiger partial charge in [0.1, 0.15) is 0 Å². The van der Waals surface area contributed by atoms with Crippen molar-refractivity contribution < 1.29 is 4.74 Å². The van der Waals surface area contributed by atoms with Crippen molar-refractivity contribution in [2.45, 2.75) is 17.3 Å². The topological polar surface area (TPSA) is 9.23 Å². The molecule has 0 saturated heterocycles. The van der Waals surface area contributed by atoms with E-state index in [0.29, 0.717) is 25.9 Å². The summed E-state index contributed by atoms with van der Waals surface area (Å²) in [5, 5.41) is 0. The van der Waals surface area contributed by atoms with Crippen molar-refractivity contribution in [3.63, 3.8) is 0 Å². The van der Waals surface area contributed by atoms with Crippen LogP contribution in [0.1, 0.15) is 6.42 Å². The monoisotopic (exact) mass is 254 g/mol. The molecule has 1 aliphatic rings. The van der Waals surface area contributed by atoms with Gasteiger partial charge in [-0.25, -0.2) is 0 Å². The van der Waals surface area contributed by atoms with Crippen LogP contribution >= 0.6 is 0 Å². The van der Waals surface area contributed by atoms with Gasteiger partial charge in [-0.1, -0.05) is 0 Å². The number of rotatable bonds is 3. The Morgan fingerprint density at radius 2 is 2.07 bits per heavy atom. The van der Waals surface area contributed by atoms with Crippen molar-refractivity contribution in [2.24, 2.45) is 0 Å². The predicted octanol–water partition coefficient (Wildman–Crippen LogP) is 1.78. The van der Waals surface area contributed by atoms with Gasteiger partial charge < -0.3 is 0 Å². The average molecular weight is 253 g/mol. The van der Waals surface area contributed by atoms with Gasteiger partial charge in [-0.3, -0.25) is 0 Å². The molecule has 0 amide bonds. The molecular weight excluding hydrogens is 239 g/mol. The van der Waals surface area contributed by atoms with Gasteiger partial charge in [-0.2, -0.15) is 0 Å². The van der Waals surface area contributed by atoms with E-state index in [2.05, 4.69) is 42.5 Å². The Kier molecular flexibility index (Phi) is 3.41. The number of methoxy groups -OCH3 is 1. The van der Waals surface area contributed by atoms with Gasteiger partial charge in [0, 0.05) is 0 Å². The maximum atomic E-state index is 5.42. The molecule has 2 heteroatoms. The number of hydrogen-bond donors (Lipinski definition) is 0. The Bertz CT molecular complexity index is 307. The molecule has 0 fully saturated rings. The van der Waals surface area contributed by atoms with E-state index in [1.807, 2.05) is 0 Å². The zero-order valence-corrected chi connectivity index (χ0v) is 9.93. The first kappa shape index (κ1) is 9.97. The van der Waals surface area contributed by atoms with Crippen molar-refractivity contribution in [1.82, 2.24) is 0 Å². The third-order valence-electron chi connectivity index (χ3n) is 2.36. The van der Waals surface area contributed by atoms with Gasteiger partial charge >= 0.3 is 91.1 Å². The molecule has 0 spiro atoms. The van der Waals surface area contributed by atoms with Gasteiger partial charge in [0.25, 0.3) is 0 Å². The van der Waals surface area contributed by atoms with E-state index in [-0.39, 0.29) is 0 Å². The van der Waals surface area contributed by atoms with E-state index in [1.54, 1.807) is 7.11 Å². The summed E-state index contributed by atoms with van der Waals surface area (Å²) in [5.74, 6) is 0. The van der Waals surface area contributed by atoms with Crippen LogP contribution in [-0.2, 0) is 4.74 Å². The fourth-order valence-electron chi connectivity index (χ4n) is 1.62. The van der Waals surface area contributed by atoms with Crippen molar-refractivity contribution in [1.29, 1.82) is 0 Å². The van der Waals surface area contributed by atoms with E-state index >= 15 is 0 Å². The Morgan fingerprint density at radius 1 is 1.29 bits per heavy atom. The quantitative estimate of drug-likeness (QED) is 0.589. The SMILES string of the molecule is CO[C@@H]1C=CC[C@H]1[Se]c1ccccc1. The van der Waals surface area contributed by atoms with E-state index in [4.69, 9.17) is 4.74 Å². The van der Waals surface area contributed by atoms with Crippen molar-refractivity contribution in [3.05, 3.63) is 42.5 Å². The second-order valence-corrected chi connectivity index (χ2v) is 6.09. The summed E-state index contributed by atoms with van der Waals surface area (Å²) >= 11 is 0.533. The van der Waals surface area contributed by atoms with E-state index in [9.17, 15) is 0 Å². The Morgan fingerprint density at radius 3 is 2.79 bits per heavy atom. The van der Waals surface area contributed by atoms with E-state index in [1.165, 1.54) is 10.9 Å². The first-order chi connectivity index (χ1) is 6.90. The Hall–Kier alpha value is -0.561. The molecule has 2 atom stereocenters. The molecule has 0 aliphatic heterocycles. The third kappa shape index (κ3) is 2.27. The third-order valence-corrected chi connectivity index (χ3v) is 5.11. The summed E-state index contributed by atoms with van der Waals surface area (Å²) < 4.78 is 6.89. The number of allylic oxidation sites excluding steroid dienone is 1. The molecule has 0 bridgehead atoms. The molecule has 14 heavy (non-hydrogen) atoms. The molecule has 1 aliphatic carbocycles. The molecule has 74 valence electrons. The van der Waals surface area contributed by atoms with Crippen LogP contribution in [0, 0.1) is 0 Å². The van der Waals surface area contributed by atoms with Crippen LogP contribution in [0.5, 0.6) is 0 Å². The first-order valence-corrected chi connectivity index (χ1v) is 6.66. The van der Waals surface area contributed by atoms with Gasteiger partial charge in [0.2, 0.25) is 0 Å². The second-order valence-electron chi connectivity index (χ2n) is 3.33. The molecule has 0 aromatic heterocycles. The molecule has 1 aromatic carbocycles. The van der Waals surface area contributed by atoms with Crippen molar-refractivity contribution in [2.75, 3.05) is 7.11 Å². The molecule has 2 rings (SSSR count). The van der Waals surface area contributed by atoms with Gasteiger partial charge in [0.15, 0.2) is 0 Å². The van der Waals surface area contributed by atoms with Gasteiger partial charge in [-0.05, 0) is 0 Å². The Labute approximate surface area is 91.3 Å². The normalized spacial score (nSPS) is 25.5. The summed E-state index contributed by atoms with van der Waals surface area (Å²) in [6, 6.07) is 10.7. The van der Waals surface area contributed by atoms with Crippen LogP contribution in [0.25, 0.3) is 0 Å². The standard InChI is InChI=1S/C12H14OSe/c1-13-11-8-5-9-12(11)14-10-6-3-2-4-7-10/h2-8,11-12H,9H2,1H3/t11-,12-/m1/s1. The van der Waals surface area contributed by atoms with Crippen LogP contribution < -0.4 is 4.46 Å². The Balaban J connectivity index is 1.99. The van der Waals surface area contributed by atoms with Gasteiger partial charge in [0.05, 0.1) is 0 Å². The molecule has 1 aromatic rings. The molecule has 0 N–H and O–H groups in total. The van der Waals surface area contributed by atoms with Crippen molar-refractivity contribution in [3.8, 4) is 0 Å². The fourth-order valence-corrected chi connectivity index (χ4v) is 4.16. The minimum absolute atomic E-state index is 0.343. The first-order valence-electron chi connectivity index (χ1n) is 4.81. The molecule has 0 unspecified atom stereocenters. The van der Waals surface area contributed by atoms with Crippen molar-refractivity contribution >= 4 is 19.4 Å². The van der Waals surface area contributed by atoms with E-state index in [0.717, 1.165) is 0 Å². The summed E-state index contributed by atoms with van der Waals surface area (Å²) in [6.45, 7) is 0. The summed E-state index contributed by atoms with van der Waals surface area (Å²) in [7, 11) is 1.80. The minimum atomic E-state index is 0.343. The average Bonchev–Trinajstić information content (AvgIpc) is 2.67. The fraction of sp³-hybridized carbons (Fsp3) is 0.333. The van der Waals surface area contributed by atoms with Gasteiger partial charge in [-0.15, -0.1) is 0 Å². The molecule has 0 heterocycles. The van der Waals surface area contributed by atoms with Crippen LogP contribution in [0.3, 0.4) is 0 Å². The molecular formula is C12H14OSe.